The first kappa shape index (κ1) is 15.3. The first-order chi connectivity index (χ1) is 12.1. The first-order valence-corrected chi connectivity index (χ1v) is 8.22. The van der Waals surface area contributed by atoms with E-state index in [1.807, 2.05) is 43.3 Å². The first-order valence-electron chi connectivity index (χ1n) is 8.22. The van der Waals surface area contributed by atoms with E-state index in [1.54, 1.807) is 0 Å². The predicted molar refractivity (Wildman–Crippen MR) is 103 cm³/mol. The lowest BCUT2D eigenvalue weighted by molar-refractivity contribution is -0.117. The molecular weight excluding hydrogens is 310 g/mol. The van der Waals surface area contributed by atoms with Crippen molar-refractivity contribution in [3.63, 3.8) is 0 Å². The highest BCUT2D eigenvalue weighted by molar-refractivity contribution is 6.15. The molecule has 0 spiro atoms. The molecule has 0 aliphatic rings. The van der Waals surface area contributed by atoms with Gasteiger partial charge >= 0.3 is 0 Å². The van der Waals surface area contributed by atoms with Crippen molar-refractivity contribution in [1.82, 2.24) is 4.98 Å². The third-order valence-electron chi connectivity index (χ3n) is 4.78. The zero-order valence-electron chi connectivity index (χ0n) is 14.0. The van der Waals surface area contributed by atoms with Gasteiger partial charge in [0.05, 0.1) is 11.9 Å². The summed E-state index contributed by atoms with van der Waals surface area (Å²) in [5.74, 6) is -0.340. The SMILES string of the molecule is Cc1c(N)cccc1-c1ccc(CC(N)=O)c2[nH]c3ccccc3c12. The highest BCUT2D eigenvalue weighted by atomic mass is 16.1. The Hall–Kier alpha value is -3.27. The summed E-state index contributed by atoms with van der Waals surface area (Å²) in [5.41, 5.74) is 18.5. The van der Waals surface area contributed by atoms with Crippen LogP contribution in [0.25, 0.3) is 32.9 Å². The van der Waals surface area contributed by atoms with E-state index < -0.39 is 0 Å². The molecule has 4 nitrogen and oxygen atoms in total. The van der Waals surface area contributed by atoms with Crippen LogP contribution in [0.15, 0.2) is 54.6 Å². The molecule has 0 unspecified atom stereocenters. The summed E-state index contributed by atoms with van der Waals surface area (Å²) in [6, 6.07) is 18.1. The molecule has 0 aliphatic heterocycles. The van der Waals surface area contributed by atoms with Gasteiger partial charge in [-0.1, -0.05) is 42.5 Å². The molecule has 4 heteroatoms. The molecule has 1 amide bonds. The number of H-pyrrole nitrogens is 1. The third kappa shape index (κ3) is 2.43. The number of aromatic amines is 1. The molecule has 5 N–H and O–H groups in total. The number of aromatic nitrogens is 1. The van der Waals surface area contributed by atoms with Crippen LogP contribution in [0.1, 0.15) is 11.1 Å². The van der Waals surface area contributed by atoms with Crippen LogP contribution in [0.5, 0.6) is 0 Å². The number of rotatable bonds is 3. The Kier molecular flexibility index (Phi) is 3.46. The predicted octanol–water partition coefficient (Wildman–Crippen LogP) is 3.91. The summed E-state index contributed by atoms with van der Waals surface area (Å²) in [5, 5.41) is 2.23. The fourth-order valence-electron chi connectivity index (χ4n) is 3.52. The molecule has 4 aromatic rings. The van der Waals surface area contributed by atoms with E-state index in [4.69, 9.17) is 11.5 Å². The second-order valence-electron chi connectivity index (χ2n) is 6.36. The van der Waals surface area contributed by atoms with Crippen LogP contribution in [0.2, 0.25) is 0 Å². The number of carbonyl (C=O) groups excluding carboxylic acids is 1. The molecule has 0 saturated heterocycles. The van der Waals surface area contributed by atoms with Gasteiger partial charge in [-0.3, -0.25) is 4.79 Å². The van der Waals surface area contributed by atoms with Crippen LogP contribution in [-0.4, -0.2) is 10.9 Å². The van der Waals surface area contributed by atoms with E-state index in [9.17, 15) is 4.79 Å². The van der Waals surface area contributed by atoms with Crippen LogP contribution in [0, 0.1) is 6.92 Å². The van der Waals surface area contributed by atoms with E-state index in [2.05, 4.69) is 23.2 Å². The van der Waals surface area contributed by atoms with Crippen LogP contribution in [0.4, 0.5) is 5.69 Å². The number of anilines is 1. The second-order valence-corrected chi connectivity index (χ2v) is 6.36. The minimum Gasteiger partial charge on any atom is -0.398 e. The van der Waals surface area contributed by atoms with Gasteiger partial charge < -0.3 is 16.5 Å². The van der Waals surface area contributed by atoms with Crippen molar-refractivity contribution in [2.75, 3.05) is 5.73 Å². The van der Waals surface area contributed by atoms with Gasteiger partial charge in [-0.05, 0) is 41.3 Å². The topological polar surface area (TPSA) is 84.9 Å². The standard InChI is InChI=1S/C21H19N3O/c1-12-14(6-4-7-17(12)22)15-10-9-13(11-19(23)25)21-20(15)16-5-2-3-8-18(16)24-21/h2-10,24H,11,22H2,1H3,(H2,23,25). The lowest BCUT2D eigenvalue weighted by Gasteiger charge is -2.12. The Balaban J connectivity index is 2.12. The summed E-state index contributed by atoms with van der Waals surface area (Å²) in [4.78, 5) is 14.9. The van der Waals surface area contributed by atoms with Gasteiger partial charge in [-0.25, -0.2) is 0 Å². The van der Waals surface area contributed by atoms with Gasteiger partial charge in [-0.15, -0.1) is 0 Å². The highest BCUT2D eigenvalue weighted by Gasteiger charge is 2.16. The number of nitrogen functional groups attached to an aromatic ring is 1. The molecule has 124 valence electrons. The Labute approximate surface area is 145 Å². The number of nitrogens with one attached hydrogen (secondary N) is 1. The van der Waals surface area contributed by atoms with E-state index in [0.717, 1.165) is 49.7 Å². The lowest BCUT2D eigenvalue weighted by atomic mass is 9.93. The van der Waals surface area contributed by atoms with Crippen molar-refractivity contribution in [2.45, 2.75) is 13.3 Å². The largest absolute Gasteiger partial charge is 0.398 e. The van der Waals surface area contributed by atoms with Crippen molar-refractivity contribution < 1.29 is 4.79 Å². The fraction of sp³-hybridized carbons (Fsp3) is 0.0952. The monoisotopic (exact) mass is 329 g/mol. The molecular formula is C21H19N3O. The molecule has 0 fully saturated rings. The minimum atomic E-state index is -0.340. The van der Waals surface area contributed by atoms with Gasteiger partial charge in [0.15, 0.2) is 0 Å². The number of para-hydroxylation sites is 1. The Bertz CT molecular complexity index is 1120. The molecule has 0 bridgehead atoms. The van der Waals surface area contributed by atoms with Crippen LogP contribution >= 0.6 is 0 Å². The van der Waals surface area contributed by atoms with E-state index >= 15 is 0 Å². The van der Waals surface area contributed by atoms with E-state index in [-0.39, 0.29) is 12.3 Å². The van der Waals surface area contributed by atoms with Crippen LogP contribution in [-0.2, 0) is 11.2 Å². The molecule has 0 radical (unpaired) electrons. The number of nitrogens with two attached hydrogens (primary N) is 2. The number of hydrogen-bond acceptors (Lipinski definition) is 2. The summed E-state index contributed by atoms with van der Waals surface area (Å²) in [6.07, 6.45) is 0.208. The van der Waals surface area contributed by atoms with Gasteiger partial charge in [0, 0.05) is 22.0 Å². The van der Waals surface area contributed by atoms with Gasteiger partial charge in [-0.2, -0.15) is 0 Å². The Morgan fingerprint density at radius 2 is 1.80 bits per heavy atom. The molecule has 3 aromatic carbocycles. The maximum absolute atomic E-state index is 11.5. The maximum atomic E-state index is 11.5. The van der Waals surface area contributed by atoms with Crippen molar-refractivity contribution in [1.29, 1.82) is 0 Å². The van der Waals surface area contributed by atoms with Gasteiger partial charge in [0.2, 0.25) is 5.91 Å². The molecule has 1 aromatic heterocycles. The zero-order chi connectivity index (χ0) is 17.6. The quantitative estimate of drug-likeness (QED) is 0.498. The Morgan fingerprint density at radius 3 is 2.60 bits per heavy atom. The highest BCUT2D eigenvalue weighted by Crippen LogP contribution is 2.38. The van der Waals surface area contributed by atoms with Crippen LogP contribution < -0.4 is 11.5 Å². The normalized spacial score (nSPS) is 11.2. The Morgan fingerprint density at radius 1 is 1.00 bits per heavy atom. The molecule has 0 aliphatic carbocycles. The molecule has 4 rings (SSSR count). The lowest BCUT2D eigenvalue weighted by Crippen LogP contribution is -2.13. The third-order valence-corrected chi connectivity index (χ3v) is 4.78. The number of amides is 1. The zero-order valence-corrected chi connectivity index (χ0v) is 14.0. The summed E-state index contributed by atoms with van der Waals surface area (Å²) >= 11 is 0. The maximum Gasteiger partial charge on any atom is 0.221 e. The summed E-state index contributed by atoms with van der Waals surface area (Å²) in [7, 11) is 0. The molecule has 1 heterocycles. The number of primary amides is 1. The van der Waals surface area contributed by atoms with Crippen molar-refractivity contribution >= 4 is 33.4 Å². The van der Waals surface area contributed by atoms with E-state index in [1.165, 1.54) is 0 Å². The number of hydrogen-bond donors (Lipinski definition) is 3. The van der Waals surface area contributed by atoms with Crippen molar-refractivity contribution in [3.8, 4) is 11.1 Å². The molecule has 25 heavy (non-hydrogen) atoms. The average molecular weight is 329 g/mol. The molecule has 0 saturated carbocycles. The number of fused-ring (bicyclic) bond motifs is 3. The minimum absolute atomic E-state index is 0.208. The fourth-order valence-corrected chi connectivity index (χ4v) is 3.52. The van der Waals surface area contributed by atoms with Crippen LogP contribution in [0.3, 0.4) is 0 Å². The summed E-state index contributed by atoms with van der Waals surface area (Å²) < 4.78 is 0. The van der Waals surface area contributed by atoms with E-state index in [0.29, 0.717) is 0 Å². The summed E-state index contributed by atoms with van der Waals surface area (Å²) in [6.45, 7) is 2.03. The molecule has 0 atom stereocenters. The van der Waals surface area contributed by atoms with Gasteiger partial charge in [0.25, 0.3) is 0 Å². The second kappa shape index (κ2) is 5.67. The number of benzene rings is 3. The number of carbonyl (C=O) groups is 1. The smallest absolute Gasteiger partial charge is 0.221 e. The van der Waals surface area contributed by atoms with Crippen molar-refractivity contribution in [2.24, 2.45) is 5.73 Å². The van der Waals surface area contributed by atoms with Gasteiger partial charge in [0.1, 0.15) is 0 Å². The van der Waals surface area contributed by atoms with Crippen molar-refractivity contribution in [3.05, 3.63) is 65.7 Å². The average Bonchev–Trinajstić information content (AvgIpc) is 2.98.